The predicted molar refractivity (Wildman–Crippen MR) is 127 cm³/mol. The van der Waals surface area contributed by atoms with Crippen molar-refractivity contribution in [1.82, 2.24) is 15.1 Å². The fraction of sp³-hybridized carbons (Fsp3) is 0.261. The van der Waals surface area contributed by atoms with E-state index in [0.717, 1.165) is 9.13 Å². The van der Waals surface area contributed by atoms with Crippen LogP contribution in [0.5, 0.6) is 0 Å². The first kappa shape index (κ1) is 24.0. The molecule has 0 saturated heterocycles. The number of nitrogens with zero attached hydrogens (tertiary/aromatic N) is 3. The second kappa shape index (κ2) is 9.28. The zero-order valence-electron chi connectivity index (χ0n) is 17.9. The van der Waals surface area contributed by atoms with Gasteiger partial charge in [0.2, 0.25) is 0 Å². The monoisotopic (exact) mass is 584 g/mol. The standard InChI is InChI=1S/C23H20F3IN4O3/c1-13(15-4-6-16(7-5-15)22(33)34)28-20(32)18-19(23(24,25)26)29-31-11-10-30(21(18)31)12-14-2-8-17(27)9-3-14/h2-9,13H,10-12H2,1H3,(H,28,32)(H,33,34)/t13-/m0/s1. The molecule has 0 unspecified atom stereocenters. The Balaban J connectivity index is 1.64. The summed E-state index contributed by atoms with van der Waals surface area (Å²) in [5.74, 6) is -1.85. The first-order chi connectivity index (χ1) is 16.0. The maximum atomic E-state index is 13.8. The number of hydrogen-bond acceptors (Lipinski definition) is 4. The van der Waals surface area contributed by atoms with Gasteiger partial charge in [-0.2, -0.15) is 18.3 Å². The molecule has 0 aliphatic carbocycles. The summed E-state index contributed by atoms with van der Waals surface area (Å²) in [5.41, 5.74) is -0.194. The van der Waals surface area contributed by atoms with Crippen molar-refractivity contribution in [2.75, 3.05) is 11.4 Å². The second-order valence-corrected chi connectivity index (χ2v) is 9.18. The largest absolute Gasteiger partial charge is 0.478 e. The number of carbonyl (C=O) groups excluding carboxylic acids is 1. The Kier molecular flexibility index (Phi) is 6.56. The number of aromatic carboxylic acids is 1. The van der Waals surface area contributed by atoms with Crippen molar-refractivity contribution in [3.05, 3.63) is 80.0 Å². The van der Waals surface area contributed by atoms with Gasteiger partial charge in [0.1, 0.15) is 11.4 Å². The van der Waals surface area contributed by atoms with Crippen LogP contribution in [0, 0.1) is 3.57 Å². The molecule has 11 heteroatoms. The van der Waals surface area contributed by atoms with E-state index in [0.29, 0.717) is 18.7 Å². The molecule has 178 valence electrons. The molecule has 0 spiro atoms. The van der Waals surface area contributed by atoms with Crippen LogP contribution in [-0.2, 0) is 19.3 Å². The highest BCUT2D eigenvalue weighted by atomic mass is 127. The topological polar surface area (TPSA) is 87.5 Å². The molecule has 1 aromatic heterocycles. The van der Waals surface area contributed by atoms with E-state index >= 15 is 0 Å². The number of carboxylic acid groups (broad SMARTS) is 1. The minimum atomic E-state index is -4.80. The van der Waals surface area contributed by atoms with E-state index in [9.17, 15) is 22.8 Å². The molecule has 0 radical (unpaired) electrons. The lowest BCUT2D eigenvalue weighted by atomic mass is 10.1. The van der Waals surface area contributed by atoms with Crippen LogP contribution >= 0.6 is 22.6 Å². The summed E-state index contributed by atoms with van der Waals surface area (Å²) in [6.07, 6.45) is -4.80. The van der Waals surface area contributed by atoms with Crippen molar-refractivity contribution < 1.29 is 27.9 Å². The lowest BCUT2D eigenvalue weighted by Crippen LogP contribution is -2.31. The smallest absolute Gasteiger partial charge is 0.436 e. The summed E-state index contributed by atoms with van der Waals surface area (Å²) in [7, 11) is 0. The molecule has 2 heterocycles. The maximum absolute atomic E-state index is 13.8. The number of nitrogens with one attached hydrogen (secondary N) is 1. The van der Waals surface area contributed by atoms with Gasteiger partial charge in [0.25, 0.3) is 5.91 Å². The summed E-state index contributed by atoms with van der Waals surface area (Å²) in [6.45, 7) is 2.63. The van der Waals surface area contributed by atoms with Crippen molar-refractivity contribution in [2.24, 2.45) is 0 Å². The van der Waals surface area contributed by atoms with Crippen molar-refractivity contribution >= 4 is 40.3 Å². The third kappa shape index (κ3) is 4.88. The summed E-state index contributed by atoms with van der Waals surface area (Å²) in [5, 5.41) is 15.4. The molecule has 2 aromatic carbocycles. The van der Waals surface area contributed by atoms with E-state index in [1.54, 1.807) is 11.8 Å². The van der Waals surface area contributed by atoms with Gasteiger partial charge in [-0.3, -0.25) is 4.79 Å². The van der Waals surface area contributed by atoms with E-state index in [-0.39, 0.29) is 17.9 Å². The van der Waals surface area contributed by atoms with Crippen LogP contribution in [-0.4, -0.2) is 33.3 Å². The Morgan fingerprint density at radius 1 is 1.12 bits per heavy atom. The van der Waals surface area contributed by atoms with Gasteiger partial charge in [-0.15, -0.1) is 0 Å². The van der Waals surface area contributed by atoms with Crippen molar-refractivity contribution in [1.29, 1.82) is 0 Å². The maximum Gasteiger partial charge on any atom is 0.436 e. The average molecular weight is 584 g/mol. The zero-order valence-corrected chi connectivity index (χ0v) is 20.1. The van der Waals surface area contributed by atoms with Crippen LogP contribution in [0.4, 0.5) is 19.0 Å². The van der Waals surface area contributed by atoms with E-state index in [4.69, 9.17) is 5.11 Å². The summed E-state index contributed by atoms with van der Waals surface area (Å²) in [6, 6.07) is 12.8. The normalized spacial score (nSPS) is 14.1. The van der Waals surface area contributed by atoms with Gasteiger partial charge in [0.15, 0.2) is 5.69 Å². The first-order valence-electron chi connectivity index (χ1n) is 10.4. The number of carbonyl (C=O) groups is 2. The number of benzene rings is 2. The van der Waals surface area contributed by atoms with Gasteiger partial charge < -0.3 is 15.3 Å². The quantitative estimate of drug-likeness (QED) is 0.410. The lowest BCUT2D eigenvalue weighted by molar-refractivity contribution is -0.141. The SMILES string of the molecule is C[C@H](NC(=O)c1c(C(F)(F)F)nn2c1N(Cc1ccc(I)cc1)CC2)c1ccc(C(=O)O)cc1. The van der Waals surface area contributed by atoms with Crippen LogP contribution in [0.1, 0.15) is 50.5 Å². The van der Waals surface area contributed by atoms with Crippen molar-refractivity contribution in [3.8, 4) is 0 Å². The molecular formula is C23H20F3IN4O3. The average Bonchev–Trinajstić information content (AvgIpc) is 3.35. The highest BCUT2D eigenvalue weighted by Gasteiger charge is 2.44. The first-order valence-corrected chi connectivity index (χ1v) is 11.4. The summed E-state index contributed by atoms with van der Waals surface area (Å²) in [4.78, 5) is 25.9. The third-order valence-corrected chi connectivity index (χ3v) is 6.31. The molecule has 4 rings (SSSR count). The Bertz CT molecular complexity index is 1220. The summed E-state index contributed by atoms with van der Waals surface area (Å²) < 4.78 is 43.7. The Morgan fingerprint density at radius 2 is 1.76 bits per heavy atom. The number of amides is 1. The van der Waals surface area contributed by atoms with E-state index in [2.05, 4.69) is 33.0 Å². The molecule has 34 heavy (non-hydrogen) atoms. The zero-order chi connectivity index (χ0) is 24.6. The fourth-order valence-electron chi connectivity index (χ4n) is 3.89. The number of fused-ring (bicyclic) bond motifs is 1. The van der Waals surface area contributed by atoms with E-state index in [1.165, 1.54) is 28.9 Å². The third-order valence-electron chi connectivity index (χ3n) is 5.59. The molecule has 0 saturated carbocycles. The molecule has 3 aromatic rings. The molecule has 1 aliphatic rings. The van der Waals surface area contributed by atoms with Crippen LogP contribution in [0.15, 0.2) is 48.5 Å². The minimum Gasteiger partial charge on any atom is -0.478 e. The molecular weight excluding hydrogens is 564 g/mol. The van der Waals surface area contributed by atoms with Crippen molar-refractivity contribution in [3.63, 3.8) is 0 Å². The molecule has 1 atom stereocenters. The van der Waals surface area contributed by atoms with Gasteiger partial charge in [0, 0.05) is 16.7 Å². The summed E-state index contributed by atoms with van der Waals surface area (Å²) >= 11 is 2.17. The van der Waals surface area contributed by atoms with E-state index < -0.39 is 35.4 Å². The molecule has 0 bridgehead atoms. The molecule has 7 nitrogen and oxygen atoms in total. The molecule has 1 aliphatic heterocycles. The van der Waals surface area contributed by atoms with Crippen LogP contribution in [0.2, 0.25) is 0 Å². The van der Waals surface area contributed by atoms with Gasteiger partial charge >= 0.3 is 12.1 Å². The predicted octanol–water partition coefficient (Wildman–Crippen LogP) is 4.72. The van der Waals surface area contributed by atoms with Gasteiger partial charge in [-0.1, -0.05) is 24.3 Å². The molecule has 2 N–H and O–H groups in total. The van der Waals surface area contributed by atoms with Crippen LogP contribution in [0.3, 0.4) is 0 Å². The Hall–Kier alpha value is -3.09. The molecule has 0 fully saturated rings. The lowest BCUT2D eigenvalue weighted by Gasteiger charge is -2.21. The van der Waals surface area contributed by atoms with Crippen LogP contribution < -0.4 is 10.2 Å². The number of anilines is 1. The molecule has 1 amide bonds. The highest BCUT2D eigenvalue weighted by Crippen LogP contribution is 2.38. The van der Waals surface area contributed by atoms with Gasteiger partial charge in [-0.25, -0.2) is 9.48 Å². The number of hydrogen-bond donors (Lipinski definition) is 2. The number of halogens is 4. The minimum absolute atomic E-state index is 0.0716. The fourth-order valence-corrected chi connectivity index (χ4v) is 4.25. The Morgan fingerprint density at radius 3 is 2.35 bits per heavy atom. The highest BCUT2D eigenvalue weighted by molar-refractivity contribution is 14.1. The number of carboxylic acids is 1. The van der Waals surface area contributed by atoms with Crippen molar-refractivity contribution in [2.45, 2.75) is 32.2 Å². The van der Waals surface area contributed by atoms with E-state index in [1.807, 2.05) is 24.3 Å². The van der Waals surface area contributed by atoms with Gasteiger partial charge in [-0.05, 0) is 64.9 Å². The number of alkyl halides is 3. The second-order valence-electron chi connectivity index (χ2n) is 7.94. The number of rotatable bonds is 6. The Labute approximate surface area is 206 Å². The van der Waals surface area contributed by atoms with Crippen LogP contribution in [0.25, 0.3) is 0 Å². The van der Waals surface area contributed by atoms with Gasteiger partial charge in [0.05, 0.1) is 18.2 Å². The number of aromatic nitrogens is 2.